The Bertz CT molecular complexity index is 46.0. The highest BCUT2D eigenvalue weighted by atomic mass is 14.0. The van der Waals surface area contributed by atoms with Crippen LogP contribution >= 0.6 is 0 Å². The maximum Gasteiger partial charge on any atom is 0.0894 e. The van der Waals surface area contributed by atoms with Gasteiger partial charge >= 0.3 is 0 Å². The van der Waals surface area contributed by atoms with Crippen molar-refractivity contribution < 1.29 is 0 Å². The van der Waals surface area contributed by atoms with Crippen LogP contribution < -0.4 is 0 Å². The van der Waals surface area contributed by atoms with Crippen LogP contribution in [0.3, 0.4) is 0 Å². The fourth-order valence-corrected chi connectivity index (χ4v) is 0.905. The normalized spacial score (nSPS) is 9.67. The Labute approximate surface area is 59.7 Å². The molecule has 0 heteroatoms. The number of hydrogen-bond donors (Lipinski definition) is 0. The maximum absolute atomic E-state index is 2.25. The summed E-state index contributed by atoms with van der Waals surface area (Å²) < 4.78 is 0. The van der Waals surface area contributed by atoms with Gasteiger partial charge in [-0.25, -0.2) is 0 Å². The molecule has 0 bridgehead atoms. The second-order valence-electron chi connectivity index (χ2n) is 3.02. The lowest BCUT2D eigenvalue weighted by molar-refractivity contribution is 0.640. The molecule has 0 aliphatic rings. The third-order valence-corrected chi connectivity index (χ3v) is 1.53. The second kappa shape index (κ2) is 6.00. The van der Waals surface area contributed by atoms with Crippen LogP contribution in [0, 0.1) is 5.92 Å². The largest absolute Gasteiger partial charge is 0.0894 e. The van der Waals surface area contributed by atoms with E-state index in [1.807, 2.05) is 0 Å². The fraction of sp³-hybridized carbons (Fsp3) is 0.889. The van der Waals surface area contributed by atoms with Gasteiger partial charge in [-0.05, 0) is 12.8 Å². The van der Waals surface area contributed by atoms with E-state index in [1.54, 1.807) is 5.92 Å². The topological polar surface area (TPSA) is 0 Å². The Kier molecular flexibility index (Phi) is 5.91. The van der Waals surface area contributed by atoms with E-state index in [2.05, 4.69) is 20.8 Å². The Morgan fingerprint density at radius 2 is 1.67 bits per heavy atom. The molecule has 9 heavy (non-hydrogen) atoms. The summed E-state index contributed by atoms with van der Waals surface area (Å²) in [7, 11) is 0. The van der Waals surface area contributed by atoms with E-state index in [4.69, 9.17) is 0 Å². The summed E-state index contributed by atoms with van der Waals surface area (Å²) in [6.45, 7) is 6.68. The van der Waals surface area contributed by atoms with E-state index in [9.17, 15) is 0 Å². The zero-order valence-corrected chi connectivity index (χ0v) is 7.04. The van der Waals surface area contributed by atoms with Gasteiger partial charge in [0.15, 0.2) is 0 Å². The molecule has 0 unspecified atom stereocenters. The number of hydrogen-bond acceptors (Lipinski definition) is 0. The molecule has 0 rings (SSSR count). The number of unbranched alkanes of at least 4 members (excludes halogenated alkanes) is 3. The van der Waals surface area contributed by atoms with Crippen LogP contribution in [0.4, 0.5) is 0 Å². The first-order valence-corrected chi connectivity index (χ1v) is 4.06. The zero-order chi connectivity index (χ0) is 7.11. The van der Waals surface area contributed by atoms with Gasteiger partial charge in [0.25, 0.3) is 0 Å². The Hall–Kier alpha value is -0.130. The molecule has 0 aromatic heterocycles. The Balaban J connectivity index is 2.75. The Morgan fingerprint density at radius 1 is 1.00 bits per heavy atom. The third-order valence-electron chi connectivity index (χ3n) is 1.53. The van der Waals surface area contributed by atoms with Gasteiger partial charge in [0.05, 0.1) is 26.2 Å². The highest BCUT2D eigenvalue weighted by Gasteiger charge is 2.01. The molecule has 0 atom stereocenters. The summed E-state index contributed by atoms with van der Waals surface area (Å²) in [6.07, 6.45) is 6.91. The van der Waals surface area contributed by atoms with E-state index >= 15 is 0 Å². The molecule has 0 aromatic carbocycles. The third kappa shape index (κ3) is 7.87. The predicted octanol–water partition coefficient (Wildman–Crippen LogP) is 3.57. The zero-order valence-electron chi connectivity index (χ0n) is 7.04. The van der Waals surface area contributed by atoms with Crippen molar-refractivity contribution in [2.75, 3.05) is 0 Å². The van der Waals surface area contributed by atoms with Crippen molar-refractivity contribution in [1.82, 2.24) is 0 Å². The lowest BCUT2D eigenvalue weighted by Gasteiger charge is -1.94. The molecular formula is C9H19+. The predicted molar refractivity (Wildman–Crippen MR) is 43.4 cm³/mol. The lowest BCUT2D eigenvalue weighted by atomic mass is 10.1. The van der Waals surface area contributed by atoms with Crippen LogP contribution in [0.2, 0.25) is 0 Å². The molecule has 0 aliphatic carbocycles. The van der Waals surface area contributed by atoms with Crippen molar-refractivity contribution in [2.45, 2.75) is 52.9 Å². The van der Waals surface area contributed by atoms with Gasteiger partial charge in [-0.15, -0.1) is 0 Å². The Morgan fingerprint density at radius 3 is 2.11 bits per heavy atom. The molecule has 54 valence electrons. The van der Waals surface area contributed by atoms with E-state index in [1.165, 1.54) is 32.1 Å². The van der Waals surface area contributed by atoms with E-state index in [0.29, 0.717) is 0 Å². The molecule has 0 N–H and O–H groups in total. The first kappa shape index (κ1) is 8.87. The highest BCUT2D eigenvalue weighted by molar-refractivity contribution is 4.75. The van der Waals surface area contributed by atoms with Crippen molar-refractivity contribution >= 4 is 0 Å². The van der Waals surface area contributed by atoms with Crippen LogP contribution in [-0.4, -0.2) is 0 Å². The average molecular weight is 127 g/mol. The second-order valence-corrected chi connectivity index (χ2v) is 3.02. The summed E-state index contributed by atoms with van der Waals surface area (Å²) in [5.41, 5.74) is 0. The van der Waals surface area contributed by atoms with Crippen LogP contribution in [-0.2, 0) is 0 Å². The summed E-state index contributed by atoms with van der Waals surface area (Å²) in [4.78, 5) is 0. The molecule has 0 spiro atoms. The van der Waals surface area contributed by atoms with Crippen molar-refractivity contribution in [3.8, 4) is 0 Å². The molecule has 0 fully saturated rings. The first-order chi connectivity index (χ1) is 4.27. The molecule has 0 saturated carbocycles. The molecule has 0 radical (unpaired) electrons. The van der Waals surface area contributed by atoms with Gasteiger partial charge in [-0.1, -0.05) is 19.8 Å². The molecule has 0 heterocycles. The van der Waals surface area contributed by atoms with Crippen LogP contribution in [0.1, 0.15) is 52.9 Å². The summed E-state index contributed by atoms with van der Waals surface area (Å²) in [6, 6.07) is 0. The van der Waals surface area contributed by atoms with Gasteiger partial charge in [-0.2, -0.15) is 0 Å². The highest BCUT2D eigenvalue weighted by Crippen LogP contribution is 2.10. The molecule has 0 amide bonds. The minimum atomic E-state index is 1.33. The lowest BCUT2D eigenvalue weighted by Crippen LogP contribution is -1.83. The summed E-state index contributed by atoms with van der Waals surface area (Å²) in [5, 5.41) is 0. The summed E-state index contributed by atoms with van der Waals surface area (Å²) in [5.74, 6) is 1.58. The van der Waals surface area contributed by atoms with Crippen LogP contribution in [0.15, 0.2) is 0 Å². The van der Waals surface area contributed by atoms with Gasteiger partial charge < -0.3 is 0 Å². The van der Waals surface area contributed by atoms with E-state index in [-0.39, 0.29) is 0 Å². The van der Waals surface area contributed by atoms with Crippen molar-refractivity contribution in [1.29, 1.82) is 0 Å². The van der Waals surface area contributed by atoms with E-state index in [0.717, 1.165) is 0 Å². The molecule has 0 saturated heterocycles. The van der Waals surface area contributed by atoms with Gasteiger partial charge in [0.2, 0.25) is 0 Å². The van der Waals surface area contributed by atoms with Crippen LogP contribution in [0.5, 0.6) is 0 Å². The van der Waals surface area contributed by atoms with Crippen molar-refractivity contribution in [3.05, 3.63) is 5.92 Å². The number of rotatable bonds is 5. The standard InChI is InChI=1S/C9H19/c1-4-5-6-7-8-9(2)3/h4-8H2,1-3H3/q+1. The quantitative estimate of drug-likeness (QED) is 0.391. The molecule has 0 aliphatic heterocycles. The molecular weight excluding hydrogens is 108 g/mol. The van der Waals surface area contributed by atoms with Gasteiger partial charge in [-0.3, -0.25) is 0 Å². The maximum atomic E-state index is 2.25. The minimum absolute atomic E-state index is 1.33. The first-order valence-electron chi connectivity index (χ1n) is 4.06. The molecule has 0 aromatic rings. The van der Waals surface area contributed by atoms with Gasteiger partial charge in [0.1, 0.15) is 0 Å². The fourth-order valence-electron chi connectivity index (χ4n) is 0.905. The van der Waals surface area contributed by atoms with Crippen molar-refractivity contribution in [3.63, 3.8) is 0 Å². The minimum Gasteiger partial charge on any atom is -0.0654 e. The summed E-state index contributed by atoms with van der Waals surface area (Å²) >= 11 is 0. The smallest absolute Gasteiger partial charge is 0.0654 e. The molecule has 0 nitrogen and oxygen atoms in total. The van der Waals surface area contributed by atoms with Crippen LogP contribution in [0.25, 0.3) is 0 Å². The van der Waals surface area contributed by atoms with E-state index < -0.39 is 0 Å². The van der Waals surface area contributed by atoms with Gasteiger partial charge in [0, 0.05) is 0 Å². The average Bonchev–Trinajstić information content (AvgIpc) is 1.80. The van der Waals surface area contributed by atoms with Crippen molar-refractivity contribution in [2.24, 2.45) is 0 Å². The SMILES string of the molecule is CCCCCC[C+](C)C. The monoisotopic (exact) mass is 127 g/mol.